The maximum Gasteiger partial charge on any atom is 0.268 e. The van der Waals surface area contributed by atoms with Crippen molar-refractivity contribution in [2.75, 3.05) is 0 Å². The zero-order valence-electron chi connectivity index (χ0n) is 6.85. The third kappa shape index (κ3) is 1.66. The van der Waals surface area contributed by atoms with Crippen molar-refractivity contribution in [2.45, 2.75) is 13.3 Å². The Balaban J connectivity index is 3.14. The zero-order valence-corrected chi connectivity index (χ0v) is 8.43. The molecule has 0 spiro atoms. The highest BCUT2D eigenvalue weighted by Crippen LogP contribution is 2.11. The molecule has 0 atom stereocenters. The van der Waals surface area contributed by atoms with Gasteiger partial charge in [0.2, 0.25) is 0 Å². The zero-order chi connectivity index (χ0) is 9.30. The summed E-state index contributed by atoms with van der Waals surface area (Å²) >= 11 is 3.21. The standard InChI is InChI=1S/C7H9BrN2O2/c1-4(11)3-5-6(8)10(2)9-7(5)12/h3H2,1-2H3,(H,9,12). The summed E-state index contributed by atoms with van der Waals surface area (Å²) in [7, 11) is 1.70. The number of hydrogen-bond acceptors (Lipinski definition) is 2. The quantitative estimate of drug-likeness (QED) is 0.813. The highest BCUT2D eigenvalue weighted by Gasteiger charge is 2.11. The summed E-state index contributed by atoms with van der Waals surface area (Å²) in [6, 6.07) is 0. The summed E-state index contributed by atoms with van der Waals surface area (Å²) in [5.74, 6) is -0.0209. The number of rotatable bonds is 2. The molecule has 0 aliphatic carbocycles. The van der Waals surface area contributed by atoms with Crippen LogP contribution in [0.25, 0.3) is 0 Å². The van der Waals surface area contributed by atoms with E-state index < -0.39 is 0 Å². The first-order valence-electron chi connectivity index (χ1n) is 3.45. The molecule has 1 rings (SSSR count). The second-order valence-corrected chi connectivity index (χ2v) is 3.40. The number of halogens is 1. The first kappa shape index (κ1) is 9.25. The van der Waals surface area contributed by atoms with Crippen LogP contribution in [0.15, 0.2) is 9.40 Å². The van der Waals surface area contributed by atoms with Gasteiger partial charge in [0.1, 0.15) is 10.4 Å². The van der Waals surface area contributed by atoms with Gasteiger partial charge in [0.25, 0.3) is 5.56 Å². The number of Topliss-reactive ketones (excluding diaryl/α,β-unsaturated/α-hetero) is 1. The smallest absolute Gasteiger partial charge is 0.268 e. The van der Waals surface area contributed by atoms with Gasteiger partial charge in [-0.1, -0.05) is 0 Å². The van der Waals surface area contributed by atoms with Crippen molar-refractivity contribution in [1.82, 2.24) is 9.78 Å². The third-order valence-corrected chi connectivity index (χ3v) is 2.52. The number of aromatic amines is 1. The van der Waals surface area contributed by atoms with Gasteiger partial charge in [0.05, 0.1) is 5.56 Å². The molecule has 0 bridgehead atoms. The molecule has 0 fully saturated rings. The van der Waals surface area contributed by atoms with Crippen LogP contribution in [-0.2, 0) is 18.3 Å². The number of aryl methyl sites for hydroxylation is 1. The molecule has 12 heavy (non-hydrogen) atoms. The number of ketones is 1. The van der Waals surface area contributed by atoms with Gasteiger partial charge in [0.15, 0.2) is 0 Å². The van der Waals surface area contributed by atoms with Gasteiger partial charge in [-0.2, -0.15) is 0 Å². The molecule has 1 N–H and O–H groups in total. The molecule has 0 saturated carbocycles. The lowest BCUT2D eigenvalue weighted by Crippen LogP contribution is -2.09. The van der Waals surface area contributed by atoms with E-state index in [1.807, 2.05) is 0 Å². The Labute approximate surface area is 77.7 Å². The van der Waals surface area contributed by atoms with Gasteiger partial charge >= 0.3 is 0 Å². The van der Waals surface area contributed by atoms with Gasteiger partial charge in [0, 0.05) is 13.5 Å². The molecular weight excluding hydrogens is 224 g/mol. The predicted molar refractivity (Wildman–Crippen MR) is 48.1 cm³/mol. The monoisotopic (exact) mass is 232 g/mol. The number of nitrogens with zero attached hydrogens (tertiary/aromatic N) is 1. The normalized spacial score (nSPS) is 10.2. The molecule has 0 aliphatic heterocycles. The molecule has 0 unspecified atom stereocenters. The van der Waals surface area contributed by atoms with E-state index in [4.69, 9.17) is 0 Å². The van der Waals surface area contributed by atoms with E-state index in [0.29, 0.717) is 10.2 Å². The van der Waals surface area contributed by atoms with Gasteiger partial charge in [-0.25, -0.2) is 0 Å². The number of H-pyrrole nitrogens is 1. The first-order chi connectivity index (χ1) is 5.52. The van der Waals surface area contributed by atoms with Crippen molar-refractivity contribution < 1.29 is 4.79 Å². The first-order valence-corrected chi connectivity index (χ1v) is 4.24. The van der Waals surface area contributed by atoms with E-state index in [9.17, 15) is 9.59 Å². The summed E-state index contributed by atoms with van der Waals surface area (Å²) < 4.78 is 2.18. The Hall–Kier alpha value is -0.840. The largest absolute Gasteiger partial charge is 0.300 e. The van der Waals surface area contributed by atoms with Crippen molar-refractivity contribution in [3.05, 3.63) is 20.5 Å². The Morgan fingerprint density at radius 3 is 2.58 bits per heavy atom. The molecule has 0 radical (unpaired) electrons. The minimum absolute atomic E-state index is 0.0209. The lowest BCUT2D eigenvalue weighted by atomic mass is 10.2. The van der Waals surface area contributed by atoms with Gasteiger partial charge in [-0.05, 0) is 22.9 Å². The molecule has 66 valence electrons. The molecule has 1 aromatic rings. The number of nitrogens with one attached hydrogen (secondary N) is 1. The van der Waals surface area contributed by atoms with Crippen LogP contribution in [0, 0.1) is 0 Å². The number of aromatic nitrogens is 2. The van der Waals surface area contributed by atoms with Crippen molar-refractivity contribution >= 4 is 21.7 Å². The fourth-order valence-corrected chi connectivity index (χ4v) is 1.38. The van der Waals surface area contributed by atoms with Gasteiger partial charge in [-0.3, -0.25) is 19.4 Å². The maximum atomic E-state index is 11.1. The molecule has 0 aliphatic rings. The average molecular weight is 233 g/mol. The van der Waals surface area contributed by atoms with Crippen molar-refractivity contribution in [3.8, 4) is 0 Å². The molecule has 0 aromatic carbocycles. The fourth-order valence-electron chi connectivity index (χ4n) is 0.967. The van der Waals surface area contributed by atoms with Crippen LogP contribution in [-0.4, -0.2) is 15.6 Å². The SMILES string of the molecule is CC(=O)Cc1c(Br)n(C)[nH]c1=O. The molecule has 0 amide bonds. The van der Waals surface area contributed by atoms with Crippen LogP contribution >= 0.6 is 15.9 Å². The van der Waals surface area contributed by atoms with Crippen LogP contribution in [0.1, 0.15) is 12.5 Å². The lowest BCUT2D eigenvalue weighted by Gasteiger charge is -1.93. The van der Waals surface area contributed by atoms with Gasteiger partial charge in [-0.15, -0.1) is 0 Å². The minimum atomic E-state index is -0.209. The number of carbonyl (C=O) groups excluding carboxylic acids is 1. The van der Waals surface area contributed by atoms with E-state index in [0.717, 1.165) is 0 Å². The molecule has 1 heterocycles. The Kier molecular flexibility index (Phi) is 2.52. The number of carbonyl (C=O) groups is 1. The van der Waals surface area contributed by atoms with Crippen molar-refractivity contribution in [2.24, 2.45) is 7.05 Å². The summed E-state index contributed by atoms with van der Waals surface area (Å²) in [5.41, 5.74) is 0.282. The van der Waals surface area contributed by atoms with E-state index in [2.05, 4.69) is 21.0 Å². The highest BCUT2D eigenvalue weighted by molar-refractivity contribution is 9.10. The maximum absolute atomic E-state index is 11.1. The van der Waals surface area contributed by atoms with Crippen LogP contribution < -0.4 is 5.56 Å². The Morgan fingerprint density at radius 1 is 1.67 bits per heavy atom. The fraction of sp³-hybridized carbons (Fsp3) is 0.429. The van der Waals surface area contributed by atoms with E-state index >= 15 is 0 Å². The summed E-state index contributed by atoms with van der Waals surface area (Å²) in [6.45, 7) is 1.46. The second-order valence-electron chi connectivity index (χ2n) is 2.65. The molecule has 4 nitrogen and oxygen atoms in total. The minimum Gasteiger partial charge on any atom is -0.300 e. The van der Waals surface area contributed by atoms with Crippen LogP contribution in [0.4, 0.5) is 0 Å². The topological polar surface area (TPSA) is 54.9 Å². The molecule has 5 heteroatoms. The van der Waals surface area contributed by atoms with E-state index in [1.54, 1.807) is 11.7 Å². The lowest BCUT2D eigenvalue weighted by molar-refractivity contribution is -0.116. The molecular formula is C7H9BrN2O2. The molecule has 1 aromatic heterocycles. The van der Waals surface area contributed by atoms with E-state index in [-0.39, 0.29) is 17.8 Å². The Bertz CT molecular complexity index is 364. The summed E-state index contributed by atoms with van der Waals surface area (Å²) in [4.78, 5) is 21.9. The molecule has 0 saturated heterocycles. The summed E-state index contributed by atoms with van der Waals surface area (Å²) in [5, 5.41) is 2.54. The number of hydrogen-bond donors (Lipinski definition) is 1. The predicted octanol–water partition coefficient (Wildman–Crippen LogP) is 0.607. The third-order valence-electron chi connectivity index (χ3n) is 1.51. The summed E-state index contributed by atoms with van der Waals surface area (Å²) in [6.07, 6.45) is 0.177. The average Bonchev–Trinajstić information content (AvgIpc) is 2.16. The van der Waals surface area contributed by atoms with Crippen molar-refractivity contribution in [3.63, 3.8) is 0 Å². The Morgan fingerprint density at radius 2 is 2.25 bits per heavy atom. The van der Waals surface area contributed by atoms with Crippen molar-refractivity contribution in [1.29, 1.82) is 0 Å². The van der Waals surface area contributed by atoms with E-state index in [1.165, 1.54) is 6.92 Å². The van der Waals surface area contributed by atoms with Gasteiger partial charge < -0.3 is 0 Å². The van der Waals surface area contributed by atoms with Crippen LogP contribution in [0.5, 0.6) is 0 Å². The van der Waals surface area contributed by atoms with Crippen LogP contribution in [0.3, 0.4) is 0 Å². The highest BCUT2D eigenvalue weighted by atomic mass is 79.9. The van der Waals surface area contributed by atoms with Crippen LogP contribution in [0.2, 0.25) is 0 Å². The second kappa shape index (κ2) is 3.26.